The molecule has 0 aliphatic heterocycles. The number of hydrogen-bond donors (Lipinski definition) is 0. The Labute approximate surface area is 102 Å². The van der Waals surface area contributed by atoms with Crippen LogP contribution < -0.4 is 0 Å². The van der Waals surface area contributed by atoms with E-state index in [2.05, 4.69) is 15.4 Å². The number of methoxy groups -OCH3 is 2. The van der Waals surface area contributed by atoms with Crippen LogP contribution in [0.5, 0.6) is 0 Å². The Morgan fingerprint density at radius 1 is 1.24 bits per heavy atom. The predicted octanol–water partition coefficient (Wildman–Crippen LogP) is 1.70. The lowest BCUT2D eigenvalue weighted by molar-refractivity contribution is -0.168. The lowest BCUT2D eigenvalue weighted by atomic mass is 9.80. The molecule has 0 amide bonds. The number of hydrogen-bond acceptors (Lipinski definition) is 4. The van der Waals surface area contributed by atoms with Gasteiger partial charge in [-0.2, -0.15) is 0 Å². The van der Waals surface area contributed by atoms with Gasteiger partial charge in [0.1, 0.15) is 0 Å². The molecule has 0 fully saturated rings. The van der Waals surface area contributed by atoms with E-state index >= 15 is 0 Å². The predicted molar refractivity (Wildman–Crippen MR) is 64.0 cm³/mol. The number of esters is 2. The third kappa shape index (κ3) is 3.63. The summed E-state index contributed by atoms with van der Waals surface area (Å²) in [5.41, 5.74) is -0.450. The van der Waals surface area contributed by atoms with Gasteiger partial charge in [0.15, 0.2) is 5.41 Å². The molecule has 0 heterocycles. The first-order valence-corrected chi connectivity index (χ1v) is 5.18. The largest absolute Gasteiger partial charge is 0.468 e. The molecule has 0 saturated carbocycles. The molecule has 0 aromatic heterocycles. The Bertz CT molecular complexity index is 340. The molecule has 4 heteroatoms. The Balaban J connectivity index is 5.40. The van der Waals surface area contributed by atoms with Gasteiger partial charge in [-0.05, 0) is 20.3 Å². The van der Waals surface area contributed by atoms with E-state index < -0.39 is 17.4 Å². The molecule has 0 saturated heterocycles. The lowest BCUT2D eigenvalue weighted by Crippen LogP contribution is -2.40. The summed E-state index contributed by atoms with van der Waals surface area (Å²) in [6.45, 7) is 3.74. The summed E-state index contributed by atoms with van der Waals surface area (Å²) in [6.07, 6.45) is 7.12. The lowest BCUT2D eigenvalue weighted by Gasteiger charge is -2.25. The molecule has 0 aliphatic rings. The van der Waals surface area contributed by atoms with Gasteiger partial charge in [0.25, 0.3) is 0 Å². The number of rotatable bonds is 5. The van der Waals surface area contributed by atoms with Crippen molar-refractivity contribution in [2.75, 3.05) is 14.2 Å². The van der Waals surface area contributed by atoms with Crippen molar-refractivity contribution in [3.63, 3.8) is 0 Å². The van der Waals surface area contributed by atoms with Crippen LogP contribution in [-0.2, 0) is 19.1 Å². The van der Waals surface area contributed by atoms with Gasteiger partial charge in [-0.3, -0.25) is 9.59 Å². The fraction of sp³-hybridized carbons (Fsp3) is 0.538. The highest BCUT2D eigenvalue weighted by Gasteiger charge is 2.47. The molecule has 0 rings (SSSR count). The molecule has 17 heavy (non-hydrogen) atoms. The van der Waals surface area contributed by atoms with E-state index in [0.717, 1.165) is 5.57 Å². The molecule has 0 N–H and O–H groups in total. The minimum absolute atomic E-state index is 0.0455. The summed E-state index contributed by atoms with van der Waals surface area (Å²) in [6, 6.07) is 0. The Hall–Kier alpha value is -1.76. The van der Waals surface area contributed by atoms with E-state index in [1.54, 1.807) is 6.08 Å². The summed E-state index contributed by atoms with van der Waals surface area (Å²) < 4.78 is 9.32. The minimum atomic E-state index is -1.44. The van der Waals surface area contributed by atoms with E-state index in [4.69, 9.17) is 6.42 Å². The number of ether oxygens (including phenoxy) is 2. The van der Waals surface area contributed by atoms with E-state index in [9.17, 15) is 9.59 Å². The Morgan fingerprint density at radius 3 is 2.00 bits per heavy atom. The van der Waals surface area contributed by atoms with E-state index in [-0.39, 0.29) is 12.8 Å². The zero-order chi connectivity index (χ0) is 13.5. The van der Waals surface area contributed by atoms with Crippen LogP contribution in [0, 0.1) is 17.8 Å². The number of carbonyl (C=O) groups is 2. The molecule has 94 valence electrons. The van der Waals surface area contributed by atoms with Crippen molar-refractivity contribution < 1.29 is 19.1 Å². The molecule has 0 radical (unpaired) electrons. The van der Waals surface area contributed by atoms with Crippen molar-refractivity contribution >= 4 is 11.9 Å². The third-order valence-electron chi connectivity index (χ3n) is 2.41. The minimum Gasteiger partial charge on any atom is -0.468 e. The van der Waals surface area contributed by atoms with Crippen LogP contribution in [0.3, 0.4) is 0 Å². The molecule has 0 aromatic carbocycles. The first-order valence-electron chi connectivity index (χ1n) is 5.18. The molecular weight excluding hydrogens is 220 g/mol. The van der Waals surface area contributed by atoms with E-state index in [1.165, 1.54) is 14.2 Å². The molecule has 4 nitrogen and oxygen atoms in total. The first kappa shape index (κ1) is 15.2. The summed E-state index contributed by atoms with van der Waals surface area (Å²) in [5, 5.41) is 0. The maximum absolute atomic E-state index is 11.8. The standard InChI is InChI=1S/C13H18O4/c1-6-8-13(11(14)16-4,12(15)17-5)9-7-10(2)3/h1,7H,8-9H2,2-5H3. The second kappa shape index (κ2) is 6.74. The van der Waals surface area contributed by atoms with Gasteiger partial charge >= 0.3 is 11.9 Å². The second-order valence-corrected chi connectivity index (χ2v) is 3.93. The molecule has 0 spiro atoms. The van der Waals surface area contributed by atoms with Gasteiger partial charge in [-0.15, -0.1) is 12.3 Å². The molecule has 0 aromatic rings. The summed E-state index contributed by atoms with van der Waals surface area (Å²) in [5.74, 6) is 0.998. The fourth-order valence-electron chi connectivity index (χ4n) is 1.41. The molecule has 0 unspecified atom stereocenters. The molecule has 0 aliphatic carbocycles. The number of allylic oxidation sites excluding steroid dienone is 2. The van der Waals surface area contributed by atoms with Crippen LogP contribution in [0.4, 0.5) is 0 Å². The Morgan fingerprint density at radius 2 is 1.71 bits per heavy atom. The average Bonchev–Trinajstić information content (AvgIpc) is 2.32. The van der Waals surface area contributed by atoms with Crippen LogP contribution in [-0.4, -0.2) is 26.2 Å². The maximum atomic E-state index is 11.8. The van der Waals surface area contributed by atoms with Crippen LogP contribution in [0.2, 0.25) is 0 Å². The van der Waals surface area contributed by atoms with Gasteiger partial charge in [-0.1, -0.05) is 11.6 Å². The van der Waals surface area contributed by atoms with E-state index in [0.29, 0.717) is 0 Å². The topological polar surface area (TPSA) is 52.6 Å². The first-order chi connectivity index (χ1) is 7.94. The smallest absolute Gasteiger partial charge is 0.324 e. The monoisotopic (exact) mass is 238 g/mol. The molecular formula is C13H18O4. The van der Waals surface area contributed by atoms with Crippen molar-refractivity contribution in [3.8, 4) is 12.3 Å². The summed E-state index contributed by atoms with van der Waals surface area (Å²) in [7, 11) is 2.44. The summed E-state index contributed by atoms with van der Waals surface area (Å²) >= 11 is 0. The van der Waals surface area contributed by atoms with Crippen LogP contribution in [0.15, 0.2) is 11.6 Å². The van der Waals surface area contributed by atoms with Crippen LogP contribution in [0.1, 0.15) is 26.7 Å². The quantitative estimate of drug-likeness (QED) is 0.316. The van der Waals surface area contributed by atoms with Crippen molar-refractivity contribution in [3.05, 3.63) is 11.6 Å². The van der Waals surface area contributed by atoms with Crippen molar-refractivity contribution in [1.82, 2.24) is 0 Å². The SMILES string of the molecule is C#CCC(CC=C(C)C)(C(=O)OC)C(=O)OC. The van der Waals surface area contributed by atoms with Gasteiger partial charge in [0, 0.05) is 6.42 Å². The number of terminal acetylenes is 1. The number of carbonyl (C=O) groups excluding carboxylic acids is 2. The van der Waals surface area contributed by atoms with Gasteiger partial charge in [0.05, 0.1) is 14.2 Å². The van der Waals surface area contributed by atoms with E-state index in [1.807, 2.05) is 13.8 Å². The third-order valence-corrected chi connectivity index (χ3v) is 2.41. The average molecular weight is 238 g/mol. The van der Waals surface area contributed by atoms with Crippen molar-refractivity contribution in [1.29, 1.82) is 0 Å². The van der Waals surface area contributed by atoms with Gasteiger partial charge in [-0.25, -0.2) is 0 Å². The highest BCUT2D eigenvalue weighted by molar-refractivity contribution is 6.00. The Kier molecular flexibility index (Phi) is 6.05. The van der Waals surface area contributed by atoms with Crippen LogP contribution >= 0.6 is 0 Å². The van der Waals surface area contributed by atoms with Gasteiger partial charge < -0.3 is 9.47 Å². The van der Waals surface area contributed by atoms with Crippen molar-refractivity contribution in [2.45, 2.75) is 26.7 Å². The summed E-state index contributed by atoms with van der Waals surface area (Å²) in [4.78, 5) is 23.6. The fourth-order valence-corrected chi connectivity index (χ4v) is 1.41. The van der Waals surface area contributed by atoms with Crippen LogP contribution in [0.25, 0.3) is 0 Å². The highest BCUT2D eigenvalue weighted by atomic mass is 16.5. The zero-order valence-corrected chi connectivity index (χ0v) is 10.7. The van der Waals surface area contributed by atoms with Crippen molar-refractivity contribution in [2.24, 2.45) is 5.41 Å². The maximum Gasteiger partial charge on any atom is 0.324 e. The van der Waals surface area contributed by atoms with Gasteiger partial charge in [0.2, 0.25) is 0 Å². The molecule has 0 atom stereocenters. The zero-order valence-electron chi connectivity index (χ0n) is 10.7. The second-order valence-electron chi connectivity index (χ2n) is 3.93. The highest BCUT2D eigenvalue weighted by Crippen LogP contribution is 2.31. The normalized spacial score (nSPS) is 10.1. The molecule has 0 bridgehead atoms.